The summed E-state index contributed by atoms with van der Waals surface area (Å²) in [6, 6.07) is 16.3. The fraction of sp³-hybridized carbons (Fsp3) is 0.472. The molecule has 1 N–H and O–H groups in total. The fourth-order valence-corrected chi connectivity index (χ4v) is 7.42. The maximum atomic E-state index is 13.6. The number of carbonyl (C=O) groups excluding carboxylic acids is 2. The van der Waals surface area contributed by atoms with Gasteiger partial charge in [0.2, 0.25) is 0 Å². The van der Waals surface area contributed by atoms with Crippen molar-refractivity contribution < 1.29 is 32.7 Å². The number of likely N-dealkylation sites (tertiary alicyclic amines) is 2. The number of carboxylic acids is 1. The van der Waals surface area contributed by atoms with Crippen molar-refractivity contribution in [2.24, 2.45) is 5.92 Å². The van der Waals surface area contributed by atoms with Crippen LogP contribution >= 0.6 is 0 Å². The number of hydrogen-bond donors (Lipinski definition) is 1. The fourth-order valence-electron chi connectivity index (χ4n) is 7.42. The van der Waals surface area contributed by atoms with Crippen molar-refractivity contribution in [2.45, 2.75) is 37.8 Å². The zero-order chi connectivity index (χ0) is 33.1. The van der Waals surface area contributed by atoms with Crippen molar-refractivity contribution in [3.05, 3.63) is 82.9 Å². The molecule has 3 fully saturated rings. The van der Waals surface area contributed by atoms with E-state index in [2.05, 4.69) is 4.90 Å². The van der Waals surface area contributed by atoms with E-state index in [1.807, 2.05) is 34.1 Å². The lowest BCUT2D eigenvalue weighted by molar-refractivity contribution is -0.139. The zero-order valence-electron chi connectivity index (χ0n) is 26.4. The van der Waals surface area contributed by atoms with Gasteiger partial charge in [-0.1, -0.05) is 36.4 Å². The van der Waals surface area contributed by atoms with Crippen molar-refractivity contribution in [1.29, 1.82) is 0 Å². The zero-order valence-corrected chi connectivity index (χ0v) is 26.4. The Balaban J connectivity index is 0.983. The van der Waals surface area contributed by atoms with Crippen LogP contribution in [0.25, 0.3) is 10.8 Å². The van der Waals surface area contributed by atoms with E-state index in [4.69, 9.17) is 5.11 Å². The molecule has 47 heavy (non-hydrogen) atoms. The molecule has 6 rings (SSSR count). The van der Waals surface area contributed by atoms with Crippen molar-refractivity contribution >= 4 is 28.6 Å². The summed E-state index contributed by atoms with van der Waals surface area (Å²) in [5.74, 6) is -0.231. The lowest BCUT2D eigenvalue weighted by atomic mass is 9.88. The van der Waals surface area contributed by atoms with Crippen LogP contribution in [-0.4, -0.2) is 108 Å². The number of carboxylic acid groups (broad SMARTS) is 1. The molecule has 250 valence electrons. The van der Waals surface area contributed by atoms with Crippen LogP contribution in [0, 0.1) is 5.92 Å². The summed E-state index contributed by atoms with van der Waals surface area (Å²) >= 11 is 0. The van der Waals surface area contributed by atoms with Gasteiger partial charge in [0.25, 0.3) is 11.8 Å². The number of piperidine rings is 2. The van der Waals surface area contributed by atoms with Crippen molar-refractivity contribution in [3.8, 4) is 0 Å². The van der Waals surface area contributed by atoms with E-state index in [1.54, 1.807) is 17.0 Å². The van der Waals surface area contributed by atoms with Gasteiger partial charge in [0.05, 0.1) is 12.1 Å². The van der Waals surface area contributed by atoms with Gasteiger partial charge in [-0.2, -0.15) is 13.2 Å². The second-order valence-electron chi connectivity index (χ2n) is 13.1. The Hall–Kier alpha value is -3.96. The largest absolute Gasteiger partial charge is 0.480 e. The number of hydrogen-bond acceptors (Lipinski definition) is 5. The lowest BCUT2D eigenvalue weighted by Crippen LogP contribution is -2.50. The molecule has 2 amide bonds. The second kappa shape index (κ2) is 14.0. The first-order chi connectivity index (χ1) is 22.6. The van der Waals surface area contributed by atoms with Crippen molar-refractivity contribution in [3.63, 3.8) is 0 Å². The molecular formula is C36H41F3N4O4. The van der Waals surface area contributed by atoms with Gasteiger partial charge in [-0.3, -0.25) is 19.3 Å². The first-order valence-corrected chi connectivity index (χ1v) is 16.5. The topological polar surface area (TPSA) is 84.4 Å². The van der Waals surface area contributed by atoms with Crippen LogP contribution in [0.3, 0.4) is 0 Å². The number of aliphatic carboxylic acids is 1. The molecule has 0 spiro atoms. The average Bonchev–Trinajstić information content (AvgIpc) is 3.08. The Labute approximate surface area is 272 Å². The maximum absolute atomic E-state index is 13.6. The van der Waals surface area contributed by atoms with E-state index >= 15 is 0 Å². The van der Waals surface area contributed by atoms with E-state index in [-0.39, 0.29) is 35.2 Å². The first-order valence-electron chi connectivity index (χ1n) is 16.5. The Bertz CT molecular complexity index is 1590. The molecular weight excluding hydrogens is 609 g/mol. The highest BCUT2D eigenvalue weighted by molar-refractivity contribution is 6.07. The summed E-state index contributed by atoms with van der Waals surface area (Å²) in [6.45, 7) is 6.86. The lowest BCUT2D eigenvalue weighted by Gasteiger charge is -2.38. The molecule has 0 aromatic heterocycles. The van der Waals surface area contributed by atoms with E-state index in [9.17, 15) is 27.6 Å². The van der Waals surface area contributed by atoms with Crippen LogP contribution in [0.2, 0.25) is 0 Å². The van der Waals surface area contributed by atoms with Crippen LogP contribution in [0.4, 0.5) is 13.2 Å². The van der Waals surface area contributed by atoms with Gasteiger partial charge in [-0.15, -0.1) is 0 Å². The normalized spacial score (nSPS) is 19.3. The standard InChI is InChI=1S/C36H41F3N4O4/c37-36(38,39)32-6-2-3-29-30(32)4-1-5-31(29)35(47)43-17-13-27(14-18-43)26-7-9-28(10-8-26)34(46)42-15-11-25(12-16-42)23-40-19-21-41(22-20-40)24-33(44)45/h1-10,25,27H,11-24H2,(H,44,45). The second-order valence-corrected chi connectivity index (χ2v) is 13.1. The third-order valence-electron chi connectivity index (χ3n) is 10.1. The number of fused-ring (bicyclic) bond motifs is 1. The monoisotopic (exact) mass is 650 g/mol. The number of carbonyl (C=O) groups is 3. The predicted molar refractivity (Wildman–Crippen MR) is 172 cm³/mol. The summed E-state index contributed by atoms with van der Waals surface area (Å²) in [5, 5.41) is 9.35. The molecule has 3 aliphatic rings. The van der Waals surface area contributed by atoms with Crippen LogP contribution in [0.1, 0.15) is 63.4 Å². The molecule has 0 atom stereocenters. The van der Waals surface area contributed by atoms with E-state index in [1.165, 1.54) is 18.2 Å². The van der Waals surface area contributed by atoms with Gasteiger partial charge in [0, 0.05) is 70.0 Å². The number of halogens is 3. The summed E-state index contributed by atoms with van der Waals surface area (Å²) in [6.07, 6.45) is -1.11. The number of alkyl halides is 3. The van der Waals surface area contributed by atoms with Crippen molar-refractivity contribution in [1.82, 2.24) is 19.6 Å². The minimum Gasteiger partial charge on any atom is -0.480 e. The molecule has 0 aliphatic carbocycles. The minimum atomic E-state index is -4.50. The van der Waals surface area contributed by atoms with E-state index in [0.29, 0.717) is 30.0 Å². The maximum Gasteiger partial charge on any atom is 0.417 e. The molecule has 3 saturated heterocycles. The highest BCUT2D eigenvalue weighted by atomic mass is 19.4. The Kier molecular flexibility index (Phi) is 9.84. The molecule has 0 radical (unpaired) electrons. The van der Waals surface area contributed by atoms with Gasteiger partial charge in [-0.05, 0) is 78.1 Å². The molecule has 0 unspecified atom stereocenters. The predicted octanol–water partition coefficient (Wildman–Crippen LogP) is 5.43. The van der Waals surface area contributed by atoms with Gasteiger partial charge < -0.3 is 19.8 Å². The summed E-state index contributed by atoms with van der Waals surface area (Å²) in [7, 11) is 0. The Morgan fingerprint density at radius 1 is 0.681 bits per heavy atom. The third kappa shape index (κ3) is 7.62. The molecule has 3 heterocycles. The number of piperazine rings is 1. The Morgan fingerprint density at radius 3 is 1.89 bits per heavy atom. The van der Waals surface area contributed by atoms with Gasteiger partial charge in [-0.25, -0.2) is 0 Å². The third-order valence-corrected chi connectivity index (χ3v) is 10.1. The summed E-state index contributed by atoms with van der Waals surface area (Å²) in [5.41, 5.74) is 1.34. The molecule has 3 aromatic carbocycles. The Morgan fingerprint density at radius 2 is 1.26 bits per heavy atom. The minimum absolute atomic E-state index is 0.0321. The molecule has 0 saturated carbocycles. The highest BCUT2D eigenvalue weighted by Crippen LogP contribution is 2.36. The number of nitrogens with zero attached hydrogens (tertiary/aromatic N) is 4. The van der Waals surface area contributed by atoms with E-state index < -0.39 is 17.7 Å². The first kappa shape index (κ1) is 33.0. The molecule has 8 nitrogen and oxygen atoms in total. The van der Waals surface area contributed by atoms with Gasteiger partial charge >= 0.3 is 12.1 Å². The van der Waals surface area contributed by atoms with Crippen LogP contribution in [-0.2, 0) is 11.0 Å². The smallest absolute Gasteiger partial charge is 0.417 e. The highest BCUT2D eigenvalue weighted by Gasteiger charge is 2.33. The SMILES string of the molecule is O=C(O)CN1CCN(CC2CCN(C(=O)c3ccc(C4CCN(C(=O)c5cccc6c(C(F)(F)F)cccc56)CC4)cc3)CC2)CC1. The van der Waals surface area contributed by atoms with E-state index in [0.717, 1.165) is 83.1 Å². The average molecular weight is 651 g/mol. The number of amides is 2. The summed E-state index contributed by atoms with van der Waals surface area (Å²) < 4.78 is 40.7. The van der Waals surface area contributed by atoms with Crippen LogP contribution < -0.4 is 0 Å². The van der Waals surface area contributed by atoms with Crippen molar-refractivity contribution in [2.75, 3.05) is 65.4 Å². The molecule has 3 aromatic rings. The van der Waals surface area contributed by atoms with Gasteiger partial charge in [0.1, 0.15) is 0 Å². The number of benzene rings is 3. The van der Waals surface area contributed by atoms with Crippen LogP contribution in [0.15, 0.2) is 60.7 Å². The molecule has 11 heteroatoms. The van der Waals surface area contributed by atoms with Gasteiger partial charge in [0.15, 0.2) is 0 Å². The molecule has 3 aliphatic heterocycles. The molecule has 0 bridgehead atoms. The summed E-state index contributed by atoms with van der Waals surface area (Å²) in [4.78, 5) is 45.7. The number of rotatable bonds is 7. The van der Waals surface area contributed by atoms with Crippen LogP contribution in [0.5, 0.6) is 0 Å². The quantitative estimate of drug-likeness (QED) is 0.367.